The number of imide groups is 1. The van der Waals surface area contributed by atoms with Crippen molar-refractivity contribution in [1.29, 1.82) is 0 Å². The maximum absolute atomic E-state index is 9.72. The van der Waals surface area contributed by atoms with Gasteiger partial charge in [-0.25, -0.2) is 0 Å². The zero-order chi connectivity index (χ0) is 7.11. The fraction of sp³-hybridized carbons (Fsp3) is 0.600. The van der Waals surface area contributed by atoms with Gasteiger partial charge in [-0.05, 0) is 6.54 Å². The Balaban J connectivity index is -0.000000320. The van der Waals surface area contributed by atoms with E-state index in [0.717, 1.165) is 4.90 Å². The number of ether oxygens (including phenoxy) is 1. The van der Waals surface area contributed by atoms with E-state index in [1.54, 1.807) is 0 Å². The van der Waals surface area contributed by atoms with E-state index in [9.17, 15) is 9.59 Å². The van der Waals surface area contributed by atoms with Crippen LogP contribution in [0.5, 0.6) is 0 Å². The number of rotatable bonds is 5. The molecule has 0 aliphatic rings. The zero-order valence-corrected chi connectivity index (χ0v) is 11.9. The van der Waals surface area contributed by atoms with Crippen molar-refractivity contribution in [2.75, 3.05) is 20.3 Å². The Morgan fingerprint density at radius 3 is 2.00 bits per heavy atom. The molecule has 0 aromatic heterocycles. The number of methoxy groups -OCH3 is 1. The van der Waals surface area contributed by atoms with Crippen molar-refractivity contribution in [2.24, 2.45) is 0 Å². The van der Waals surface area contributed by atoms with Crippen LogP contribution in [0, 0.1) is 0 Å². The van der Waals surface area contributed by atoms with Gasteiger partial charge in [0.25, 0.3) is 0 Å². The number of hydrogen-bond acceptors (Lipinski definition) is 3. The van der Waals surface area contributed by atoms with Crippen LogP contribution in [0.3, 0.4) is 0 Å². The molecule has 4 nitrogen and oxygen atoms in total. The molecule has 2 amide bonds. The fourth-order valence-electron chi connectivity index (χ4n) is 0.292. The fourth-order valence-corrected chi connectivity index (χ4v) is 0.292. The monoisotopic (exact) mass is 307 g/mol. The average molecular weight is 307 g/mol. The molecule has 0 fully saturated rings. The predicted octanol–water partition coefficient (Wildman–Crippen LogP) is -0.936. The minimum Gasteiger partial charge on any atom is -0.634 e. The number of carbonyl (C=O) groups excluding carboxylic acids is 2. The Labute approximate surface area is 116 Å². The van der Waals surface area contributed by atoms with Crippen LogP contribution < -0.4 is 0 Å². The number of hydrogen-bond donors (Lipinski definition) is 0. The van der Waals surface area contributed by atoms with Gasteiger partial charge in [-0.15, -0.1) is 0 Å². The maximum Gasteiger partial charge on any atom is 0.0591 e. The van der Waals surface area contributed by atoms with E-state index in [-0.39, 0.29) is 72.0 Å². The third-order valence-electron chi connectivity index (χ3n) is 0.739. The first-order valence-corrected chi connectivity index (χ1v) is 2.37. The van der Waals surface area contributed by atoms with Crippen molar-refractivity contribution in [3.63, 3.8) is 0 Å². The van der Waals surface area contributed by atoms with E-state index in [4.69, 9.17) is 0 Å². The molecule has 0 rings (SSSR count). The molecule has 0 bridgehead atoms. The second-order valence-corrected chi connectivity index (χ2v) is 1.33. The van der Waals surface area contributed by atoms with Gasteiger partial charge in [-0.3, -0.25) is 0 Å². The van der Waals surface area contributed by atoms with Crippen molar-refractivity contribution in [3.8, 4) is 0 Å². The van der Waals surface area contributed by atoms with Crippen molar-refractivity contribution in [2.45, 2.75) is 0 Å². The SMILES string of the molecule is COCCN([C-]=O)[C-]=O.[Y].[Y]. The van der Waals surface area contributed by atoms with Crippen LogP contribution in [-0.2, 0) is 79.7 Å². The van der Waals surface area contributed by atoms with E-state index in [1.165, 1.54) is 19.9 Å². The number of nitrogens with zero attached hydrogens (tertiary/aromatic N) is 1. The van der Waals surface area contributed by atoms with Crippen LogP contribution in [0.4, 0.5) is 0 Å². The molecule has 0 saturated heterocycles. The minimum absolute atomic E-state index is 0. The van der Waals surface area contributed by atoms with Gasteiger partial charge in [0, 0.05) is 72.5 Å². The third kappa shape index (κ3) is 11.3. The first-order valence-electron chi connectivity index (χ1n) is 2.37. The summed E-state index contributed by atoms with van der Waals surface area (Å²) >= 11 is 0. The van der Waals surface area contributed by atoms with Crippen LogP contribution >= 0.6 is 0 Å². The van der Waals surface area contributed by atoms with Gasteiger partial charge in [0.1, 0.15) is 0 Å². The summed E-state index contributed by atoms with van der Waals surface area (Å²) in [5, 5.41) is 0. The Morgan fingerprint density at radius 1 is 1.27 bits per heavy atom. The summed E-state index contributed by atoms with van der Waals surface area (Å²) in [7, 11) is 1.48. The van der Waals surface area contributed by atoms with E-state index in [1.807, 2.05) is 0 Å². The molecule has 0 unspecified atom stereocenters. The van der Waals surface area contributed by atoms with E-state index in [2.05, 4.69) is 4.74 Å². The van der Waals surface area contributed by atoms with Gasteiger partial charge in [-0.1, -0.05) is 0 Å². The Morgan fingerprint density at radius 2 is 1.73 bits per heavy atom. The molecule has 11 heavy (non-hydrogen) atoms. The van der Waals surface area contributed by atoms with Crippen molar-refractivity contribution in [3.05, 3.63) is 0 Å². The minimum atomic E-state index is 0. The molecule has 0 aromatic rings. The second kappa shape index (κ2) is 13.9. The summed E-state index contributed by atoms with van der Waals surface area (Å²) in [5.41, 5.74) is 0. The third-order valence-corrected chi connectivity index (χ3v) is 0.739. The van der Waals surface area contributed by atoms with Gasteiger partial charge >= 0.3 is 0 Å². The molecule has 0 aliphatic heterocycles. The van der Waals surface area contributed by atoms with Crippen LogP contribution in [0.25, 0.3) is 0 Å². The van der Waals surface area contributed by atoms with E-state index < -0.39 is 0 Å². The smallest absolute Gasteiger partial charge is 0.0591 e. The van der Waals surface area contributed by atoms with Crippen LogP contribution in [-0.4, -0.2) is 38.0 Å². The van der Waals surface area contributed by atoms with Crippen molar-refractivity contribution in [1.82, 2.24) is 4.90 Å². The van der Waals surface area contributed by atoms with Gasteiger partial charge in [-0.2, -0.15) is 12.8 Å². The summed E-state index contributed by atoms with van der Waals surface area (Å²) in [6.45, 7) is 0.536. The van der Waals surface area contributed by atoms with Crippen LogP contribution in [0.15, 0.2) is 0 Å². The summed E-state index contributed by atoms with van der Waals surface area (Å²) in [6.07, 6.45) is 2.73. The molecular formula is C5H7NO3Y2-2. The molecule has 6 heteroatoms. The Hall–Kier alpha value is 1.31. The van der Waals surface area contributed by atoms with E-state index >= 15 is 0 Å². The Bertz CT molecular complexity index is 93.7. The molecule has 58 valence electrons. The maximum atomic E-state index is 9.72. The second-order valence-electron chi connectivity index (χ2n) is 1.33. The summed E-state index contributed by atoms with van der Waals surface area (Å²) in [6, 6.07) is 0. The van der Waals surface area contributed by atoms with Gasteiger partial charge < -0.3 is 19.2 Å². The first-order chi connectivity index (χ1) is 4.35. The average Bonchev–Trinajstić information content (AvgIpc) is 1.91. The van der Waals surface area contributed by atoms with Gasteiger partial charge in [0.2, 0.25) is 0 Å². The van der Waals surface area contributed by atoms with Gasteiger partial charge in [0.15, 0.2) is 0 Å². The molecule has 0 aliphatic carbocycles. The molecule has 0 heterocycles. The summed E-state index contributed by atoms with van der Waals surface area (Å²) in [5.74, 6) is 0. The van der Waals surface area contributed by atoms with Crippen molar-refractivity contribution < 1.29 is 79.7 Å². The van der Waals surface area contributed by atoms with Crippen LogP contribution in [0.1, 0.15) is 0 Å². The molecule has 0 atom stereocenters. The number of amides is 2. The molecule has 0 aromatic carbocycles. The molecule has 2 radical (unpaired) electrons. The molecule has 0 saturated carbocycles. The van der Waals surface area contributed by atoms with Gasteiger partial charge in [0.05, 0.1) is 6.61 Å². The molecule has 0 spiro atoms. The predicted molar refractivity (Wildman–Crippen MR) is 30.0 cm³/mol. The largest absolute Gasteiger partial charge is 0.634 e. The topological polar surface area (TPSA) is 46.6 Å². The normalized spacial score (nSPS) is 7.00. The molecule has 0 N–H and O–H groups in total. The van der Waals surface area contributed by atoms with Crippen molar-refractivity contribution >= 4 is 12.8 Å². The quantitative estimate of drug-likeness (QED) is 0.487. The zero-order valence-electron chi connectivity index (χ0n) is 6.24. The Kier molecular flexibility index (Phi) is 22.9. The van der Waals surface area contributed by atoms with Crippen LogP contribution in [0.2, 0.25) is 0 Å². The summed E-state index contributed by atoms with van der Waals surface area (Å²) < 4.78 is 4.58. The molecular weight excluding hydrogens is 300 g/mol. The first kappa shape index (κ1) is 18.2. The summed E-state index contributed by atoms with van der Waals surface area (Å²) in [4.78, 5) is 20.2. The standard InChI is InChI=1S/C5H7NO3.2Y/c1-9-3-2-6(4-7)5-8;;/h2-3H2,1H3;;/q-2;;. The van der Waals surface area contributed by atoms with E-state index in [0.29, 0.717) is 6.61 Å².